The van der Waals surface area contributed by atoms with Gasteiger partial charge in [-0.15, -0.1) is 0 Å². The van der Waals surface area contributed by atoms with E-state index in [1.807, 2.05) is 0 Å². The number of carbonyl (C=O) groups excluding carboxylic acids is 3. The van der Waals surface area contributed by atoms with E-state index in [0.717, 1.165) is 13.1 Å². The van der Waals surface area contributed by atoms with Crippen LogP contribution in [0.3, 0.4) is 0 Å². The minimum absolute atomic E-state index is 0.0436. The number of nitrogens with one attached hydrogen (secondary N) is 1. The lowest BCUT2D eigenvalue weighted by Gasteiger charge is -2.38. The van der Waals surface area contributed by atoms with Crippen molar-refractivity contribution < 1.29 is 14.4 Å². The third-order valence-corrected chi connectivity index (χ3v) is 3.87. The zero-order valence-electron chi connectivity index (χ0n) is 12.1. The highest BCUT2D eigenvalue weighted by atomic mass is 16.2. The summed E-state index contributed by atoms with van der Waals surface area (Å²) >= 11 is 0. The van der Waals surface area contributed by atoms with Crippen molar-refractivity contribution in [3.05, 3.63) is 0 Å². The Kier molecular flexibility index (Phi) is 4.59. The molecule has 2 aliphatic heterocycles. The third-order valence-electron chi connectivity index (χ3n) is 3.87. The van der Waals surface area contributed by atoms with Crippen LogP contribution in [0.5, 0.6) is 0 Å². The van der Waals surface area contributed by atoms with Gasteiger partial charge in [-0.1, -0.05) is 0 Å². The van der Waals surface area contributed by atoms with E-state index in [2.05, 4.69) is 24.1 Å². The van der Waals surface area contributed by atoms with Crippen LogP contribution in [0.4, 0.5) is 4.79 Å². The fourth-order valence-corrected chi connectivity index (χ4v) is 2.50. The number of nitrogens with zero attached hydrogens (tertiary/aromatic N) is 3. The summed E-state index contributed by atoms with van der Waals surface area (Å²) in [6, 6.07) is 0.0292. The topological polar surface area (TPSA) is 73.0 Å². The Balaban J connectivity index is 1.81. The molecular formula is C13H22N4O3. The van der Waals surface area contributed by atoms with E-state index < -0.39 is 6.03 Å². The number of urea groups is 1. The maximum atomic E-state index is 12.2. The lowest BCUT2D eigenvalue weighted by Crippen LogP contribution is -2.56. The normalized spacial score (nSPS) is 21.4. The Hall–Kier alpha value is -1.63. The molecule has 0 unspecified atom stereocenters. The van der Waals surface area contributed by atoms with Crippen molar-refractivity contribution in [2.75, 3.05) is 39.3 Å². The summed E-state index contributed by atoms with van der Waals surface area (Å²) in [6.07, 6.45) is 0.264. The first-order valence-corrected chi connectivity index (χ1v) is 7.08. The highest BCUT2D eigenvalue weighted by Crippen LogP contribution is 2.08. The molecule has 0 aromatic carbocycles. The second kappa shape index (κ2) is 6.21. The van der Waals surface area contributed by atoms with E-state index in [1.54, 1.807) is 4.90 Å². The van der Waals surface area contributed by atoms with E-state index in [9.17, 15) is 14.4 Å². The van der Waals surface area contributed by atoms with Crippen molar-refractivity contribution in [2.45, 2.75) is 26.3 Å². The van der Waals surface area contributed by atoms with E-state index in [-0.39, 0.29) is 24.8 Å². The van der Waals surface area contributed by atoms with Gasteiger partial charge in [-0.25, -0.2) is 4.79 Å². The summed E-state index contributed by atoms with van der Waals surface area (Å²) in [6.45, 7) is 7.81. The Morgan fingerprint density at radius 3 is 2.35 bits per heavy atom. The van der Waals surface area contributed by atoms with E-state index in [4.69, 9.17) is 0 Å². The van der Waals surface area contributed by atoms with Gasteiger partial charge in [-0.3, -0.25) is 19.8 Å². The zero-order chi connectivity index (χ0) is 14.7. The number of imide groups is 1. The molecule has 4 amide bonds. The number of piperazine rings is 1. The SMILES string of the molecule is CC(C)N1CCN(C(=O)CN2CCC(=O)NC2=O)CC1. The minimum Gasteiger partial charge on any atom is -0.339 e. The predicted octanol–water partition coefficient (Wildman–Crippen LogP) is -0.519. The average molecular weight is 282 g/mol. The summed E-state index contributed by atoms with van der Waals surface area (Å²) in [5.74, 6) is -0.317. The lowest BCUT2D eigenvalue weighted by atomic mass is 10.2. The predicted molar refractivity (Wildman–Crippen MR) is 73.0 cm³/mol. The smallest absolute Gasteiger partial charge is 0.324 e. The zero-order valence-corrected chi connectivity index (χ0v) is 12.1. The summed E-state index contributed by atoms with van der Waals surface area (Å²) in [7, 11) is 0. The maximum Gasteiger partial charge on any atom is 0.324 e. The van der Waals surface area contributed by atoms with Gasteiger partial charge < -0.3 is 9.80 Å². The van der Waals surface area contributed by atoms with E-state index in [0.29, 0.717) is 25.7 Å². The van der Waals surface area contributed by atoms with Crippen LogP contribution in [-0.4, -0.2) is 77.9 Å². The van der Waals surface area contributed by atoms with E-state index >= 15 is 0 Å². The molecular weight excluding hydrogens is 260 g/mol. The van der Waals surface area contributed by atoms with Crippen LogP contribution in [0.2, 0.25) is 0 Å². The Morgan fingerprint density at radius 1 is 1.15 bits per heavy atom. The molecule has 112 valence electrons. The van der Waals surface area contributed by atoms with Gasteiger partial charge in [0, 0.05) is 45.2 Å². The van der Waals surface area contributed by atoms with Gasteiger partial charge in [-0.2, -0.15) is 0 Å². The van der Waals surface area contributed by atoms with Gasteiger partial charge in [0.2, 0.25) is 11.8 Å². The van der Waals surface area contributed by atoms with Crippen molar-refractivity contribution in [2.24, 2.45) is 0 Å². The third kappa shape index (κ3) is 3.47. The molecule has 7 nitrogen and oxygen atoms in total. The highest BCUT2D eigenvalue weighted by molar-refractivity contribution is 5.98. The van der Waals surface area contributed by atoms with Gasteiger partial charge in [0.15, 0.2) is 0 Å². The van der Waals surface area contributed by atoms with Crippen LogP contribution in [0.1, 0.15) is 20.3 Å². The average Bonchev–Trinajstić information content (AvgIpc) is 2.42. The van der Waals surface area contributed by atoms with Crippen molar-refractivity contribution in [1.82, 2.24) is 20.0 Å². The number of rotatable bonds is 3. The molecule has 0 saturated carbocycles. The van der Waals surface area contributed by atoms with Gasteiger partial charge in [0.25, 0.3) is 0 Å². The first-order valence-electron chi connectivity index (χ1n) is 7.08. The van der Waals surface area contributed by atoms with Gasteiger partial charge in [0.1, 0.15) is 6.54 Å². The molecule has 0 bridgehead atoms. The molecule has 2 rings (SSSR count). The largest absolute Gasteiger partial charge is 0.339 e. The van der Waals surface area contributed by atoms with Gasteiger partial charge in [0.05, 0.1) is 0 Å². The van der Waals surface area contributed by atoms with E-state index in [1.165, 1.54) is 4.90 Å². The molecule has 0 atom stereocenters. The number of hydrogen-bond donors (Lipinski definition) is 1. The first-order chi connectivity index (χ1) is 9.47. The monoisotopic (exact) mass is 282 g/mol. The summed E-state index contributed by atoms with van der Waals surface area (Å²) in [5, 5.41) is 2.23. The molecule has 0 aliphatic carbocycles. The summed E-state index contributed by atoms with van der Waals surface area (Å²) in [4.78, 5) is 40.3. The maximum absolute atomic E-state index is 12.2. The molecule has 2 aliphatic rings. The van der Waals surface area contributed by atoms with Gasteiger partial charge >= 0.3 is 6.03 Å². The van der Waals surface area contributed by atoms with Crippen molar-refractivity contribution in [3.63, 3.8) is 0 Å². The van der Waals surface area contributed by atoms with Crippen LogP contribution < -0.4 is 5.32 Å². The highest BCUT2D eigenvalue weighted by Gasteiger charge is 2.28. The molecule has 7 heteroatoms. The van der Waals surface area contributed by atoms with Crippen molar-refractivity contribution in [3.8, 4) is 0 Å². The second-order valence-electron chi connectivity index (χ2n) is 5.54. The fraction of sp³-hybridized carbons (Fsp3) is 0.769. The molecule has 0 radical (unpaired) electrons. The molecule has 2 fully saturated rings. The molecule has 0 spiro atoms. The van der Waals surface area contributed by atoms with Crippen LogP contribution in [0, 0.1) is 0 Å². The molecule has 0 aromatic heterocycles. The van der Waals surface area contributed by atoms with Crippen LogP contribution in [0.25, 0.3) is 0 Å². The van der Waals surface area contributed by atoms with Crippen LogP contribution in [-0.2, 0) is 9.59 Å². The van der Waals surface area contributed by atoms with Gasteiger partial charge in [-0.05, 0) is 13.8 Å². The second-order valence-corrected chi connectivity index (χ2v) is 5.54. The number of carbonyl (C=O) groups is 3. The Labute approximate surface area is 118 Å². The lowest BCUT2D eigenvalue weighted by molar-refractivity contribution is -0.134. The standard InChI is InChI=1S/C13H22N4O3/c1-10(2)15-5-7-16(8-6-15)12(19)9-17-4-3-11(18)14-13(17)20/h10H,3-9H2,1-2H3,(H,14,18,20). The number of amides is 4. The Morgan fingerprint density at radius 2 is 1.80 bits per heavy atom. The Bertz CT molecular complexity index is 402. The summed E-state index contributed by atoms with van der Waals surface area (Å²) < 4.78 is 0. The van der Waals surface area contributed by atoms with Crippen molar-refractivity contribution in [1.29, 1.82) is 0 Å². The molecule has 20 heavy (non-hydrogen) atoms. The number of hydrogen-bond acceptors (Lipinski definition) is 4. The van der Waals surface area contributed by atoms with Crippen molar-refractivity contribution >= 4 is 17.8 Å². The molecule has 2 heterocycles. The summed E-state index contributed by atoms with van der Waals surface area (Å²) in [5.41, 5.74) is 0. The minimum atomic E-state index is -0.463. The molecule has 2 saturated heterocycles. The quantitative estimate of drug-likeness (QED) is 0.756. The fourth-order valence-electron chi connectivity index (χ4n) is 2.50. The van der Waals surface area contributed by atoms with Crippen LogP contribution in [0.15, 0.2) is 0 Å². The molecule has 0 aromatic rings. The first kappa shape index (κ1) is 14.8. The molecule has 1 N–H and O–H groups in total. The van der Waals surface area contributed by atoms with Crippen LogP contribution >= 0.6 is 0 Å².